The number of hydrogen-bond acceptors (Lipinski definition) is 4. The van der Waals surface area contributed by atoms with Crippen LogP contribution < -0.4 is 5.32 Å². The number of rotatable bonds is 2. The van der Waals surface area contributed by atoms with Gasteiger partial charge in [0.1, 0.15) is 0 Å². The zero-order chi connectivity index (χ0) is 13.1. The minimum atomic E-state index is -1.22. The zero-order valence-electron chi connectivity index (χ0n) is 9.51. The number of nitrogens with zero attached hydrogens (tertiary/aromatic N) is 1. The van der Waals surface area contributed by atoms with Gasteiger partial charge in [0.25, 0.3) is 5.91 Å². The molecule has 1 saturated heterocycles. The number of carboxylic acid groups (broad SMARTS) is 1. The largest absolute Gasteiger partial charge is 0.475 e. The van der Waals surface area contributed by atoms with Gasteiger partial charge in [0.05, 0.1) is 0 Å². The average Bonchev–Trinajstić information content (AvgIpc) is 2.73. The quantitative estimate of drug-likeness (QED) is 0.768. The molecule has 1 aliphatic heterocycles. The molecule has 7 nitrogen and oxygen atoms in total. The monoisotopic (exact) mass is 252 g/mol. The summed E-state index contributed by atoms with van der Waals surface area (Å²) in [6.45, 7) is 1.07. The van der Waals surface area contributed by atoms with Crippen LogP contribution in [-0.4, -0.2) is 47.4 Å². The number of carbonyl (C=O) groups excluding carboxylic acids is 2. The molecule has 96 valence electrons. The minimum Gasteiger partial charge on any atom is -0.475 e. The maximum absolute atomic E-state index is 12.0. The molecule has 1 aromatic rings. The van der Waals surface area contributed by atoms with Crippen molar-refractivity contribution >= 4 is 17.8 Å². The minimum absolute atomic E-state index is 0.0262. The summed E-state index contributed by atoms with van der Waals surface area (Å²) >= 11 is 0. The molecule has 2 amide bonds. The third-order valence-corrected chi connectivity index (χ3v) is 2.63. The number of amides is 2. The van der Waals surface area contributed by atoms with Crippen LogP contribution in [0.2, 0.25) is 0 Å². The van der Waals surface area contributed by atoms with Crippen molar-refractivity contribution in [1.82, 2.24) is 10.2 Å². The van der Waals surface area contributed by atoms with Crippen molar-refractivity contribution in [3.05, 3.63) is 23.7 Å². The first-order chi connectivity index (χ1) is 8.58. The first-order valence-corrected chi connectivity index (χ1v) is 5.47. The number of nitrogens with one attached hydrogen (secondary N) is 1. The zero-order valence-corrected chi connectivity index (χ0v) is 9.51. The SMILES string of the molecule is O=C1CCN(C(=O)c2ccc(C(=O)O)o2)CCN1. The van der Waals surface area contributed by atoms with Crippen molar-refractivity contribution in [2.24, 2.45) is 0 Å². The highest BCUT2D eigenvalue weighted by atomic mass is 16.4. The van der Waals surface area contributed by atoms with Crippen molar-refractivity contribution in [3.8, 4) is 0 Å². The molecule has 1 aromatic heterocycles. The topological polar surface area (TPSA) is 99.9 Å². The lowest BCUT2D eigenvalue weighted by molar-refractivity contribution is -0.120. The van der Waals surface area contributed by atoms with Gasteiger partial charge < -0.3 is 19.7 Å². The number of carbonyl (C=O) groups is 3. The highest BCUT2D eigenvalue weighted by Crippen LogP contribution is 2.11. The Morgan fingerprint density at radius 1 is 1.28 bits per heavy atom. The van der Waals surface area contributed by atoms with Gasteiger partial charge in [-0.05, 0) is 12.1 Å². The Kier molecular flexibility index (Phi) is 3.31. The summed E-state index contributed by atoms with van der Waals surface area (Å²) < 4.78 is 4.93. The molecule has 0 aromatic carbocycles. The third-order valence-electron chi connectivity index (χ3n) is 2.63. The molecule has 0 bridgehead atoms. The molecule has 0 spiro atoms. The Morgan fingerprint density at radius 2 is 2.00 bits per heavy atom. The summed E-state index contributed by atoms with van der Waals surface area (Å²) in [6.07, 6.45) is 0.234. The second-order valence-corrected chi connectivity index (χ2v) is 3.86. The summed E-state index contributed by atoms with van der Waals surface area (Å²) in [5.41, 5.74) is 0. The molecule has 7 heteroatoms. The molecular formula is C11H12N2O5. The van der Waals surface area contributed by atoms with Gasteiger partial charge >= 0.3 is 5.97 Å². The van der Waals surface area contributed by atoms with Crippen LogP contribution in [0.15, 0.2) is 16.5 Å². The summed E-state index contributed by atoms with van der Waals surface area (Å²) in [4.78, 5) is 35.2. The van der Waals surface area contributed by atoms with Crippen molar-refractivity contribution in [3.63, 3.8) is 0 Å². The lowest BCUT2D eigenvalue weighted by Gasteiger charge is -2.17. The average molecular weight is 252 g/mol. The van der Waals surface area contributed by atoms with E-state index < -0.39 is 11.9 Å². The van der Waals surface area contributed by atoms with E-state index in [9.17, 15) is 14.4 Å². The Labute approximate surface area is 102 Å². The molecule has 2 heterocycles. The van der Waals surface area contributed by atoms with Gasteiger partial charge in [-0.15, -0.1) is 0 Å². The van der Waals surface area contributed by atoms with Gasteiger partial charge in [0, 0.05) is 26.1 Å². The van der Waals surface area contributed by atoms with Gasteiger partial charge in [-0.1, -0.05) is 0 Å². The lowest BCUT2D eigenvalue weighted by Crippen LogP contribution is -2.34. The molecular weight excluding hydrogens is 240 g/mol. The second kappa shape index (κ2) is 4.91. The van der Waals surface area contributed by atoms with Crippen LogP contribution in [-0.2, 0) is 4.79 Å². The van der Waals surface area contributed by atoms with Gasteiger partial charge in [0.2, 0.25) is 11.7 Å². The van der Waals surface area contributed by atoms with Gasteiger partial charge in [-0.25, -0.2) is 4.79 Å². The first kappa shape index (κ1) is 12.2. The number of furan rings is 1. The predicted octanol–water partition coefficient (Wildman–Crippen LogP) is -0.0601. The van der Waals surface area contributed by atoms with E-state index in [4.69, 9.17) is 9.52 Å². The highest BCUT2D eigenvalue weighted by molar-refractivity contribution is 5.94. The van der Waals surface area contributed by atoms with Gasteiger partial charge in [-0.3, -0.25) is 9.59 Å². The molecule has 0 saturated carbocycles. The third kappa shape index (κ3) is 2.50. The second-order valence-electron chi connectivity index (χ2n) is 3.86. The van der Waals surface area contributed by atoms with E-state index in [1.807, 2.05) is 0 Å². The Balaban J connectivity index is 2.09. The lowest BCUT2D eigenvalue weighted by atomic mass is 10.3. The van der Waals surface area contributed by atoms with E-state index >= 15 is 0 Å². The number of aromatic carboxylic acids is 1. The van der Waals surface area contributed by atoms with Crippen LogP contribution in [0.3, 0.4) is 0 Å². The standard InChI is InChI=1S/C11H12N2O5/c14-9-3-5-13(6-4-12-9)10(15)7-1-2-8(18-7)11(16)17/h1-2H,3-6H2,(H,12,14)(H,16,17). The van der Waals surface area contributed by atoms with Gasteiger partial charge in [0.15, 0.2) is 5.76 Å². The van der Waals surface area contributed by atoms with Gasteiger partial charge in [-0.2, -0.15) is 0 Å². The molecule has 2 rings (SSSR count). The van der Waals surface area contributed by atoms with Crippen LogP contribution in [0.4, 0.5) is 0 Å². The highest BCUT2D eigenvalue weighted by Gasteiger charge is 2.23. The summed E-state index contributed by atoms with van der Waals surface area (Å²) in [5, 5.41) is 11.3. The Hall–Kier alpha value is -2.31. The van der Waals surface area contributed by atoms with E-state index in [0.29, 0.717) is 19.6 Å². The molecule has 0 unspecified atom stereocenters. The maximum Gasteiger partial charge on any atom is 0.371 e. The smallest absolute Gasteiger partial charge is 0.371 e. The molecule has 0 radical (unpaired) electrons. The molecule has 2 N–H and O–H groups in total. The van der Waals surface area contributed by atoms with Crippen LogP contribution in [0.1, 0.15) is 27.5 Å². The normalized spacial score (nSPS) is 16.0. The molecule has 18 heavy (non-hydrogen) atoms. The maximum atomic E-state index is 12.0. The Morgan fingerprint density at radius 3 is 2.67 bits per heavy atom. The van der Waals surface area contributed by atoms with Crippen molar-refractivity contribution < 1.29 is 23.9 Å². The molecule has 1 aliphatic rings. The summed E-state index contributed by atoms with van der Waals surface area (Å²) in [5.74, 6) is -2.03. The van der Waals surface area contributed by atoms with E-state index in [0.717, 1.165) is 0 Å². The van der Waals surface area contributed by atoms with E-state index in [1.54, 1.807) is 0 Å². The van der Waals surface area contributed by atoms with Crippen molar-refractivity contribution in [1.29, 1.82) is 0 Å². The first-order valence-electron chi connectivity index (χ1n) is 5.47. The summed E-state index contributed by atoms with van der Waals surface area (Å²) in [6, 6.07) is 2.56. The number of carboxylic acids is 1. The van der Waals surface area contributed by atoms with Crippen LogP contribution in [0.25, 0.3) is 0 Å². The van der Waals surface area contributed by atoms with E-state index in [2.05, 4.69) is 5.32 Å². The fraction of sp³-hybridized carbons (Fsp3) is 0.364. The fourth-order valence-corrected chi connectivity index (χ4v) is 1.69. The van der Waals surface area contributed by atoms with E-state index in [1.165, 1.54) is 17.0 Å². The van der Waals surface area contributed by atoms with Crippen molar-refractivity contribution in [2.75, 3.05) is 19.6 Å². The Bertz CT molecular complexity index is 493. The van der Waals surface area contributed by atoms with Crippen LogP contribution >= 0.6 is 0 Å². The summed E-state index contributed by atoms with van der Waals surface area (Å²) in [7, 11) is 0. The number of hydrogen-bond donors (Lipinski definition) is 2. The van der Waals surface area contributed by atoms with E-state index in [-0.39, 0.29) is 23.8 Å². The predicted molar refractivity (Wildman–Crippen MR) is 59.2 cm³/mol. The molecule has 0 aliphatic carbocycles. The fourth-order valence-electron chi connectivity index (χ4n) is 1.69. The van der Waals surface area contributed by atoms with Crippen LogP contribution in [0.5, 0.6) is 0 Å². The molecule has 0 atom stereocenters. The van der Waals surface area contributed by atoms with Crippen molar-refractivity contribution in [2.45, 2.75) is 6.42 Å². The molecule has 1 fully saturated rings. The van der Waals surface area contributed by atoms with Crippen LogP contribution in [0, 0.1) is 0 Å².